The number of amides is 3. The molecule has 0 aromatic heterocycles. The summed E-state index contributed by atoms with van der Waals surface area (Å²) < 4.78 is 0.946. The van der Waals surface area contributed by atoms with Crippen molar-refractivity contribution in [2.75, 3.05) is 18.1 Å². The molecule has 1 fully saturated rings. The zero-order valence-electron chi connectivity index (χ0n) is 10.1. The molecular formula is C11H17N3O2S2. The second-order valence-electron chi connectivity index (χ2n) is 4.29. The first-order valence-corrected chi connectivity index (χ1v) is 8.11. The summed E-state index contributed by atoms with van der Waals surface area (Å²) in [5.41, 5.74) is 0. The molecule has 100 valence electrons. The minimum atomic E-state index is -0.367. The van der Waals surface area contributed by atoms with E-state index in [2.05, 4.69) is 15.6 Å². The van der Waals surface area contributed by atoms with Crippen molar-refractivity contribution in [2.24, 2.45) is 4.99 Å². The summed E-state index contributed by atoms with van der Waals surface area (Å²) in [5.74, 6) is 0.987. The summed E-state index contributed by atoms with van der Waals surface area (Å²) in [7, 11) is 0. The van der Waals surface area contributed by atoms with E-state index in [0.717, 1.165) is 42.4 Å². The van der Waals surface area contributed by atoms with E-state index in [9.17, 15) is 9.59 Å². The Morgan fingerprint density at radius 3 is 2.83 bits per heavy atom. The third-order valence-electron chi connectivity index (χ3n) is 2.83. The first-order valence-electron chi connectivity index (χ1n) is 6.14. The zero-order valence-corrected chi connectivity index (χ0v) is 11.7. The van der Waals surface area contributed by atoms with Crippen molar-refractivity contribution < 1.29 is 9.59 Å². The number of rotatable bonds is 3. The average Bonchev–Trinajstić information content (AvgIpc) is 2.98. The van der Waals surface area contributed by atoms with Crippen LogP contribution in [0.1, 0.15) is 25.7 Å². The fraction of sp³-hybridized carbons (Fsp3) is 0.727. The van der Waals surface area contributed by atoms with Crippen LogP contribution in [0.25, 0.3) is 0 Å². The molecule has 18 heavy (non-hydrogen) atoms. The van der Waals surface area contributed by atoms with E-state index in [1.807, 2.05) is 0 Å². The number of carbonyl (C=O) groups excluding carboxylic acids is 2. The molecule has 1 heterocycles. The Kier molecular flexibility index (Phi) is 5.37. The molecule has 1 aliphatic carbocycles. The lowest BCUT2D eigenvalue weighted by Gasteiger charge is -2.11. The summed E-state index contributed by atoms with van der Waals surface area (Å²) >= 11 is 3.06. The standard InChI is InChI=1S/C11H17N3O2S2/c15-9(7-18-11-12-5-6-17-11)14-10(16)13-8-3-1-2-4-8/h8H,1-7H2,(H2,13,14,15,16). The van der Waals surface area contributed by atoms with Crippen molar-refractivity contribution in [1.29, 1.82) is 0 Å². The SMILES string of the molecule is O=C(CSC1=NCCS1)NC(=O)NC1CCCC1. The van der Waals surface area contributed by atoms with Gasteiger partial charge in [0.1, 0.15) is 4.38 Å². The van der Waals surface area contributed by atoms with E-state index in [-0.39, 0.29) is 23.7 Å². The van der Waals surface area contributed by atoms with Gasteiger partial charge in [-0.1, -0.05) is 36.4 Å². The smallest absolute Gasteiger partial charge is 0.321 e. The molecule has 0 radical (unpaired) electrons. The lowest BCUT2D eigenvalue weighted by molar-refractivity contribution is -0.117. The number of imide groups is 1. The predicted molar refractivity (Wildman–Crippen MR) is 76.1 cm³/mol. The largest absolute Gasteiger partial charge is 0.335 e. The highest BCUT2D eigenvalue weighted by molar-refractivity contribution is 8.39. The van der Waals surface area contributed by atoms with Crippen LogP contribution >= 0.6 is 23.5 Å². The maximum atomic E-state index is 11.5. The summed E-state index contributed by atoms with van der Waals surface area (Å²) in [4.78, 5) is 27.3. The van der Waals surface area contributed by atoms with Gasteiger partial charge in [-0.05, 0) is 12.8 Å². The van der Waals surface area contributed by atoms with Crippen molar-refractivity contribution in [3.63, 3.8) is 0 Å². The van der Waals surface area contributed by atoms with E-state index in [1.54, 1.807) is 11.8 Å². The highest BCUT2D eigenvalue weighted by Gasteiger charge is 2.18. The second kappa shape index (κ2) is 7.04. The molecule has 0 aromatic carbocycles. The van der Waals surface area contributed by atoms with E-state index in [1.165, 1.54) is 11.8 Å². The number of thioether (sulfide) groups is 2. The third kappa shape index (κ3) is 4.53. The third-order valence-corrected chi connectivity index (χ3v) is 5.08. The van der Waals surface area contributed by atoms with Crippen molar-refractivity contribution in [2.45, 2.75) is 31.7 Å². The molecule has 0 unspecified atom stereocenters. The van der Waals surface area contributed by atoms with Gasteiger partial charge in [0.05, 0.1) is 12.3 Å². The highest BCUT2D eigenvalue weighted by atomic mass is 32.2. The van der Waals surface area contributed by atoms with Gasteiger partial charge in [-0.15, -0.1) is 0 Å². The number of urea groups is 1. The molecular weight excluding hydrogens is 270 g/mol. The van der Waals surface area contributed by atoms with Gasteiger partial charge < -0.3 is 5.32 Å². The number of carbonyl (C=O) groups is 2. The molecule has 2 rings (SSSR count). The van der Waals surface area contributed by atoms with Crippen molar-refractivity contribution >= 4 is 39.8 Å². The van der Waals surface area contributed by atoms with Crippen molar-refractivity contribution in [3.05, 3.63) is 0 Å². The molecule has 0 bridgehead atoms. The molecule has 1 aliphatic heterocycles. The average molecular weight is 287 g/mol. The fourth-order valence-corrected chi connectivity index (χ4v) is 3.79. The Morgan fingerprint density at radius 1 is 1.39 bits per heavy atom. The Bertz CT molecular complexity index is 354. The van der Waals surface area contributed by atoms with E-state index in [4.69, 9.17) is 0 Å². The quantitative estimate of drug-likeness (QED) is 0.827. The molecule has 0 spiro atoms. The van der Waals surface area contributed by atoms with Crippen LogP contribution in [-0.4, -0.2) is 40.4 Å². The molecule has 7 heteroatoms. The minimum Gasteiger partial charge on any atom is -0.335 e. The normalized spacial score (nSPS) is 19.7. The number of nitrogens with one attached hydrogen (secondary N) is 2. The van der Waals surface area contributed by atoms with E-state index in [0.29, 0.717) is 0 Å². The van der Waals surface area contributed by atoms with Gasteiger partial charge in [-0.25, -0.2) is 4.79 Å². The van der Waals surface area contributed by atoms with Crippen LogP contribution in [-0.2, 0) is 4.79 Å². The first-order chi connectivity index (χ1) is 8.74. The van der Waals surface area contributed by atoms with Gasteiger partial charge in [-0.2, -0.15) is 0 Å². The summed E-state index contributed by atoms with van der Waals surface area (Å²) in [6.07, 6.45) is 4.35. The van der Waals surface area contributed by atoms with Gasteiger partial charge in [0.2, 0.25) is 5.91 Å². The topological polar surface area (TPSA) is 70.6 Å². The van der Waals surface area contributed by atoms with Gasteiger partial charge in [0.25, 0.3) is 0 Å². The second-order valence-corrected chi connectivity index (χ2v) is 6.59. The van der Waals surface area contributed by atoms with Crippen LogP contribution in [0.2, 0.25) is 0 Å². The summed E-state index contributed by atoms with van der Waals surface area (Å²) in [6, 6.07) is -0.131. The zero-order chi connectivity index (χ0) is 12.8. The van der Waals surface area contributed by atoms with Crippen LogP contribution in [0.5, 0.6) is 0 Å². The lowest BCUT2D eigenvalue weighted by Crippen LogP contribution is -2.44. The monoisotopic (exact) mass is 287 g/mol. The van der Waals surface area contributed by atoms with Crippen LogP contribution < -0.4 is 10.6 Å². The van der Waals surface area contributed by atoms with Gasteiger partial charge >= 0.3 is 6.03 Å². The van der Waals surface area contributed by atoms with Crippen LogP contribution in [0.15, 0.2) is 4.99 Å². The Labute approximate surface area is 115 Å². The molecule has 0 saturated heterocycles. The number of hydrogen-bond acceptors (Lipinski definition) is 5. The number of nitrogens with zero attached hydrogens (tertiary/aromatic N) is 1. The maximum Gasteiger partial charge on any atom is 0.321 e. The number of aliphatic imine (C=N–C) groups is 1. The molecule has 1 saturated carbocycles. The molecule has 2 aliphatic rings. The van der Waals surface area contributed by atoms with Crippen molar-refractivity contribution in [1.82, 2.24) is 10.6 Å². The van der Waals surface area contributed by atoms with E-state index >= 15 is 0 Å². The van der Waals surface area contributed by atoms with Gasteiger partial charge in [0.15, 0.2) is 0 Å². The molecule has 5 nitrogen and oxygen atoms in total. The van der Waals surface area contributed by atoms with Crippen LogP contribution in [0.4, 0.5) is 4.79 Å². The molecule has 2 N–H and O–H groups in total. The Balaban J connectivity index is 1.62. The maximum absolute atomic E-state index is 11.5. The van der Waals surface area contributed by atoms with Crippen LogP contribution in [0.3, 0.4) is 0 Å². The van der Waals surface area contributed by atoms with Gasteiger partial charge in [-0.3, -0.25) is 15.1 Å². The number of hydrogen-bond donors (Lipinski definition) is 2. The summed E-state index contributed by atoms with van der Waals surface area (Å²) in [5, 5.41) is 5.18. The highest BCUT2D eigenvalue weighted by Crippen LogP contribution is 2.21. The van der Waals surface area contributed by atoms with E-state index < -0.39 is 0 Å². The molecule has 3 amide bonds. The first kappa shape index (κ1) is 13.7. The Hall–Kier alpha value is -0.690. The Morgan fingerprint density at radius 2 is 2.17 bits per heavy atom. The minimum absolute atomic E-state index is 0.236. The van der Waals surface area contributed by atoms with Crippen molar-refractivity contribution in [3.8, 4) is 0 Å². The van der Waals surface area contributed by atoms with Gasteiger partial charge in [0, 0.05) is 11.8 Å². The van der Waals surface area contributed by atoms with Crippen LogP contribution in [0, 0.1) is 0 Å². The lowest BCUT2D eigenvalue weighted by atomic mass is 10.2. The summed E-state index contributed by atoms with van der Waals surface area (Å²) in [6.45, 7) is 0.830. The fourth-order valence-electron chi connectivity index (χ4n) is 1.98. The molecule has 0 atom stereocenters. The predicted octanol–water partition coefficient (Wildman–Crippen LogP) is 1.59. The molecule has 0 aromatic rings.